The van der Waals surface area contributed by atoms with Crippen molar-refractivity contribution in [1.82, 2.24) is 19.5 Å². The number of furan rings is 1. The summed E-state index contributed by atoms with van der Waals surface area (Å²) in [6, 6.07) is 45.6. The molecule has 0 saturated carbocycles. The van der Waals surface area contributed by atoms with Gasteiger partial charge in [0, 0.05) is 38.1 Å². The predicted molar refractivity (Wildman–Crippen MR) is 170 cm³/mol. The maximum absolute atomic E-state index is 6.48. The first-order chi connectivity index (χ1) is 20.8. The van der Waals surface area contributed by atoms with Gasteiger partial charge in [-0.1, -0.05) is 109 Å². The first kappa shape index (κ1) is 22.9. The highest BCUT2D eigenvalue weighted by atomic mass is 16.3. The van der Waals surface area contributed by atoms with Crippen molar-refractivity contribution < 1.29 is 4.42 Å². The third kappa shape index (κ3) is 3.34. The van der Waals surface area contributed by atoms with Crippen LogP contribution in [0.2, 0.25) is 0 Å². The van der Waals surface area contributed by atoms with E-state index in [1.807, 2.05) is 48.5 Å². The number of benzene rings is 6. The van der Waals surface area contributed by atoms with Gasteiger partial charge in [0.05, 0.1) is 11.0 Å². The molecular weight excluding hydrogens is 516 g/mol. The number of nitrogens with zero attached hydrogens (tertiary/aromatic N) is 4. The number of fused-ring (bicyclic) bond motifs is 8. The van der Waals surface area contributed by atoms with Gasteiger partial charge in [0.15, 0.2) is 11.6 Å². The van der Waals surface area contributed by atoms with Crippen molar-refractivity contribution in [3.63, 3.8) is 0 Å². The summed E-state index contributed by atoms with van der Waals surface area (Å²) in [5.41, 5.74) is 5.63. The highest BCUT2D eigenvalue weighted by Gasteiger charge is 2.20. The number of hydrogen-bond donors (Lipinski definition) is 0. The van der Waals surface area contributed by atoms with Crippen LogP contribution in [0.5, 0.6) is 0 Å². The molecule has 0 radical (unpaired) electrons. The minimum atomic E-state index is 0.574. The van der Waals surface area contributed by atoms with E-state index in [1.54, 1.807) is 0 Å². The average Bonchev–Trinajstić information content (AvgIpc) is 3.61. The molecule has 3 heterocycles. The van der Waals surface area contributed by atoms with Gasteiger partial charge in [-0.05, 0) is 29.7 Å². The Labute approximate surface area is 240 Å². The zero-order chi connectivity index (χ0) is 27.6. The SMILES string of the molecule is c1ccc(-c2nc(-c3cccc4ccc5c6ccccc6oc5c34)nc(-n3c4ccccc4c4ccccc43)n2)cc1. The standard InChI is InChI=1S/C37H22N4O/c1-2-11-24(12-3-1)35-38-36(40-37(39-35)41-30-18-7-4-14-25(30)26-15-5-8-19-31(26)41)29-17-10-13-23-21-22-28-27-16-6-9-20-32(27)42-34(28)33(23)29/h1-22H. The fraction of sp³-hybridized carbons (Fsp3) is 0. The second-order valence-electron chi connectivity index (χ2n) is 10.5. The summed E-state index contributed by atoms with van der Waals surface area (Å²) in [5.74, 6) is 1.79. The van der Waals surface area contributed by atoms with Gasteiger partial charge in [0.25, 0.3) is 0 Å². The van der Waals surface area contributed by atoms with E-state index in [9.17, 15) is 0 Å². The molecule has 5 heteroatoms. The van der Waals surface area contributed by atoms with Crippen LogP contribution >= 0.6 is 0 Å². The molecule has 0 aliphatic rings. The summed E-state index contributed by atoms with van der Waals surface area (Å²) in [5, 5.41) is 6.54. The molecule has 0 saturated heterocycles. The van der Waals surface area contributed by atoms with Crippen molar-refractivity contribution in [1.29, 1.82) is 0 Å². The minimum absolute atomic E-state index is 0.574. The molecule has 0 unspecified atom stereocenters. The normalized spacial score (nSPS) is 11.8. The van der Waals surface area contributed by atoms with Crippen LogP contribution in [0, 0.1) is 0 Å². The van der Waals surface area contributed by atoms with Crippen LogP contribution in [-0.2, 0) is 0 Å². The lowest BCUT2D eigenvalue weighted by Gasteiger charge is -2.12. The van der Waals surface area contributed by atoms with Crippen LogP contribution in [0.4, 0.5) is 0 Å². The third-order valence-corrected chi connectivity index (χ3v) is 8.06. The van der Waals surface area contributed by atoms with Crippen molar-refractivity contribution in [2.24, 2.45) is 0 Å². The number of rotatable bonds is 3. The van der Waals surface area contributed by atoms with E-state index in [0.29, 0.717) is 17.6 Å². The summed E-state index contributed by atoms with van der Waals surface area (Å²) in [7, 11) is 0. The van der Waals surface area contributed by atoms with Crippen molar-refractivity contribution in [3.8, 4) is 28.7 Å². The fourth-order valence-corrected chi connectivity index (χ4v) is 6.18. The van der Waals surface area contributed by atoms with Crippen LogP contribution in [0.3, 0.4) is 0 Å². The Morgan fingerprint density at radius 2 is 1.14 bits per heavy atom. The van der Waals surface area contributed by atoms with E-state index in [1.165, 1.54) is 0 Å². The van der Waals surface area contributed by atoms with Crippen LogP contribution in [0.15, 0.2) is 138 Å². The van der Waals surface area contributed by atoms with Gasteiger partial charge >= 0.3 is 0 Å². The second-order valence-corrected chi connectivity index (χ2v) is 10.5. The van der Waals surface area contributed by atoms with E-state index in [4.69, 9.17) is 19.4 Å². The highest BCUT2D eigenvalue weighted by Crippen LogP contribution is 2.39. The van der Waals surface area contributed by atoms with Gasteiger partial charge in [0.1, 0.15) is 11.2 Å². The summed E-state index contributed by atoms with van der Waals surface area (Å²) in [4.78, 5) is 15.3. The van der Waals surface area contributed by atoms with Crippen molar-refractivity contribution in [2.75, 3.05) is 0 Å². The lowest BCUT2D eigenvalue weighted by atomic mass is 10.0. The molecule has 0 aliphatic heterocycles. The van der Waals surface area contributed by atoms with Crippen molar-refractivity contribution in [2.45, 2.75) is 0 Å². The van der Waals surface area contributed by atoms with Gasteiger partial charge < -0.3 is 4.42 Å². The highest BCUT2D eigenvalue weighted by molar-refractivity contribution is 6.18. The monoisotopic (exact) mass is 538 g/mol. The van der Waals surface area contributed by atoms with E-state index < -0.39 is 0 Å². The third-order valence-electron chi connectivity index (χ3n) is 8.06. The summed E-state index contributed by atoms with van der Waals surface area (Å²) >= 11 is 0. The number of aromatic nitrogens is 4. The quantitative estimate of drug-likeness (QED) is 0.225. The van der Waals surface area contributed by atoms with E-state index in [2.05, 4.69) is 89.5 Å². The lowest BCUT2D eigenvalue weighted by molar-refractivity contribution is 0.672. The zero-order valence-corrected chi connectivity index (χ0v) is 22.4. The zero-order valence-electron chi connectivity index (χ0n) is 22.4. The van der Waals surface area contributed by atoms with Gasteiger partial charge in [-0.2, -0.15) is 9.97 Å². The van der Waals surface area contributed by atoms with Crippen molar-refractivity contribution >= 4 is 54.5 Å². The molecule has 9 rings (SSSR count). The minimum Gasteiger partial charge on any atom is -0.455 e. The summed E-state index contributed by atoms with van der Waals surface area (Å²) in [6.45, 7) is 0. The molecule has 0 bridgehead atoms. The van der Waals surface area contributed by atoms with Gasteiger partial charge in [-0.3, -0.25) is 4.57 Å². The molecule has 0 fully saturated rings. The maximum Gasteiger partial charge on any atom is 0.238 e. The van der Waals surface area contributed by atoms with Crippen molar-refractivity contribution in [3.05, 3.63) is 133 Å². The van der Waals surface area contributed by atoms with E-state index in [-0.39, 0.29) is 0 Å². The molecule has 0 spiro atoms. The van der Waals surface area contributed by atoms with Crippen LogP contribution in [-0.4, -0.2) is 19.5 Å². The predicted octanol–water partition coefficient (Wildman–Crippen LogP) is 9.36. The lowest BCUT2D eigenvalue weighted by Crippen LogP contribution is -2.06. The topological polar surface area (TPSA) is 56.7 Å². The maximum atomic E-state index is 6.48. The molecule has 6 aromatic carbocycles. The molecule has 42 heavy (non-hydrogen) atoms. The smallest absolute Gasteiger partial charge is 0.238 e. The molecular formula is C37H22N4O. The molecule has 5 nitrogen and oxygen atoms in total. The number of para-hydroxylation sites is 3. The molecule has 0 N–H and O–H groups in total. The molecule has 0 aliphatic carbocycles. The summed E-state index contributed by atoms with van der Waals surface area (Å²) in [6.07, 6.45) is 0. The van der Waals surface area contributed by atoms with E-state index in [0.717, 1.165) is 65.6 Å². The molecule has 196 valence electrons. The Morgan fingerprint density at radius 1 is 0.476 bits per heavy atom. The van der Waals surface area contributed by atoms with E-state index >= 15 is 0 Å². The van der Waals surface area contributed by atoms with Gasteiger partial charge in [-0.25, -0.2) is 4.98 Å². The molecule has 3 aromatic heterocycles. The first-order valence-electron chi connectivity index (χ1n) is 14.0. The Hall–Kier alpha value is -5.81. The Balaban J connectivity index is 1.40. The van der Waals surface area contributed by atoms with Gasteiger partial charge in [-0.15, -0.1) is 0 Å². The largest absolute Gasteiger partial charge is 0.455 e. The average molecular weight is 539 g/mol. The first-order valence-corrected chi connectivity index (χ1v) is 14.0. The Morgan fingerprint density at radius 3 is 1.93 bits per heavy atom. The molecule has 0 amide bonds. The van der Waals surface area contributed by atoms with Crippen LogP contribution in [0.25, 0.3) is 83.2 Å². The van der Waals surface area contributed by atoms with Crippen LogP contribution < -0.4 is 0 Å². The summed E-state index contributed by atoms with van der Waals surface area (Å²) < 4.78 is 8.63. The Kier molecular flexibility index (Phi) is 4.83. The Bertz CT molecular complexity index is 2420. The molecule has 9 aromatic rings. The number of hydrogen-bond acceptors (Lipinski definition) is 4. The molecule has 0 atom stereocenters. The van der Waals surface area contributed by atoms with Gasteiger partial charge in [0.2, 0.25) is 5.95 Å². The fourth-order valence-electron chi connectivity index (χ4n) is 6.18. The van der Waals surface area contributed by atoms with Crippen LogP contribution in [0.1, 0.15) is 0 Å². The second kappa shape index (κ2) is 8.85.